The summed E-state index contributed by atoms with van der Waals surface area (Å²) in [7, 11) is 0. The van der Waals surface area contributed by atoms with Crippen molar-refractivity contribution in [3.63, 3.8) is 0 Å². The lowest BCUT2D eigenvalue weighted by Gasteiger charge is -2.26. The largest absolute Gasteiger partial charge is 0.480 e. The Morgan fingerprint density at radius 2 is 1.59 bits per heavy atom. The molecule has 6 heteroatoms. The molecule has 0 spiro atoms. The van der Waals surface area contributed by atoms with Crippen LogP contribution in [0.2, 0.25) is 0 Å². The first-order valence-electron chi connectivity index (χ1n) is 8.77. The van der Waals surface area contributed by atoms with Crippen LogP contribution in [0.25, 0.3) is 11.1 Å². The fourth-order valence-corrected chi connectivity index (χ4v) is 3.49. The van der Waals surface area contributed by atoms with Crippen LogP contribution in [0.4, 0.5) is 9.18 Å². The molecule has 0 unspecified atom stereocenters. The zero-order valence-corrected chi connectivity index (χ0v) is 15.3. The van der Waals surface area contributed by atoms with Crippen LogP contribution in [0, 0.1) is 0 Å². The van der Waals surface area contributed by atoms with E-state index in [4.69, 9.17) is 9.84 Å². The van der Waals surface area contributed by atoms with Gasteiger partial charge in [-0.1, -0.05) is 48.5 Å². The van der Waals surface area contributed by atoms with Crippen molar-refractivity contribution in [3.05, 3.63) is 59.7 Å². The van der Waals surface area contributed by atoms with Gasteiger partial charge in [-0.3, -0.25) is 9.69 Å². The third-order valence-electron chi connectivity index (χ3n) is 4.49. The van der Waals surface area contributed by atoms with E-state index in [1.807, 2.05) is 48.5 Å². The number of carbonyl (C=O) groups excluding carboxylic acids is 1. The van der Waals surface area contributed by atoms with Gasteiger partial charge in [0, 0.05) is 5.92 Å². The summed E-state index contributed by atoms with van der Waals surface area (Å²) in [4.78, 5) is 24.3. The third kappa shape index (κ3) is 4.27. The number of nitrogens with zero attached hydrogens (tertiary/aromatic N) is 1. The van der Waals surface area contributed by atoms with Gasteiger partial charge in [0.05, 0.1) is 6.54 Å². The van der Waals surface area contributed by atoms with Crippen LogP contribution in [0.1, 0.15) is 30.9 Å². The van der Waals surface area contributed by atoms with Crippen molar-refractivity contribution in [3.8, 4) is 11.1 Å². The number of hydrogen-bond donors (Lipinski definition) is 1. The van der Waals surface area contributed by atoms with E-state index in [1.54, 1.807) is 0 Å². The first-order valence-corrected chi connectivity index (χ1v) is 8.77. The highest BCUT2D eigenvalue weighted by Crippen LogP contribution is 2.44. The van der Waals surface area contributed by atoms with Crippen molar-refractivity contribution in [1.82, 2.24) is 4.90 Å². The number of fused-ring (bicyclic) bond motifs is 3. The van der Waals surface area contributed by atoms with Crippen molar-refractivity contribution in [2.75, 3.05) is 19.7 Å². The molecular weight excluding hydrogens is 349 g/mol. The highest BCUT2D eigenvalue weighted by Gasteiger charge is 2.31. The van der Waals surface area contributed by atoms with Gasteiger partial charge in [-0.15, -0.1) is 0 Å². The maximum atomic E-state index is 13.9. The molecule has 2 aromatic carbocycles. The number of carbonyl (C=O) groups is 2. The fourth-order valence-electron chi connectivity index (χ4n) is 3.49. The first kappa shape index (κ1) is 18.9. The summed E-state index contributed by atoms with van der Waals surface area (Å²) in [6, 6.07) is 15.8. The zero-order valence-electron chi connectivity index (χ0n) is 15.3. The average Bonchev–Trinajstić information content (AvgIpc) is 2.91. The lowest BCUT2D eigenvalue weighted by molar-refractivity contribution is -0.138. The standard InChI is InChI=1S/C21H22FNO4/c1-21(2,22)13-23(11-19(24)25)20(26)27-12-18-16-9-5-3-7-14(16)15-8-4-6-10-17(15)18/h3-10,18H,11-13H2,1-2H3,(H,24,25). The second-order valence-corrected chi connectivity index (χ2v) is 7.27. The van der Waals surface area contributed by atoms with Gasteiger partial charge < -0.3 is 9.84 Å². The number of carboxylic acid groups (broad SMARTS) is 1. The Kier molecular flexibility index (Phi) is 5.17. The second-order valence-electron chi connectivity index (χ2n) is 7.27. The molecule has 1 N–H and O–H groups in total. The van der Waals surface area contributed by atoms with E-state index in [1.165, 1.54) is 13.8 Å². The van der Waals surface area contributed by atoms with Crippen LogP contribution in [0.15, 0.2) is 48.5 Å². The summed E-state index contributed by atoms with van der Waals surface area (Å²) >= 11 is 0. The van der Waals surface area contributed by atoms with E-state index in [9.17, 15) is 14.0 Å². The number of aliphatic carboxylic acids is 1. The molecule has 0 bridgehead atoms. The lowest BCUT2D eigenvalue weighted by Crippen LogP contribution is -2.43. The van der Waals surface area contributed by atoms with Gasteiger partial charge in [0.15, 0.2) is 0 Å². The van der Waals surface area contributed by atoms with Crippen LogP contribution < -0.4 is 0 Å². The molecule has 0 heterocycles. The van der Waals surface area contributed by atoms with E-state index in [2.05, 4.69) is 0 Å². The summed E-state index contributed by atoms with van der Waals surface area (Å²) in [5, 5.41) is 9.00. The zero-order chi connectivity index (χ0) is 19.6. The van der Waals surface area contributed by atoms with Gasteiger partial charge in [-0.2, -0.15) is 0 Å². The number of carboxylic acids is 1. The molecule has 0 aromatic heterocycles. The van der Waals surface area contributed by atoms with Gasteiger partial charge in [0.25, 0.3) is 0 Å². The number of hydrogen-bond acceptors (Lipinski definition) is 3. The second kappa shape index (κ2) is 7.39. The average molecular weight is 371 g/mol. The summed E-state index contributed by atoms with van der Waals surface area (Å²) in [6.07, 6.45) is -0.829. The van der Waals surface area contributed by atoms with Crippen molar-refractivity contribution in [2.45, 2.75) is 25.4 Å². The number of alkyl halides is 1. The number of halogens is 1. The van der Waals surface area contributed by atoms with Crippen LogP contribution in [0.5, 0.6) is 0 Å². The Hall–Kier alpha value is -2.89. The van der Waals surface area contributed by atoms with Crippen LogP contribution in [0.3, 0.4) is 0 Å². The Balaban J connectivity index is 1.77. The Morgan fingerprint density at radius 3 is 2.07 bits per heavy atom. The Morgan fingerprint density at radius 1 is 1.07 bits per heavy atom. The summed E-state index contributed by atoms with van der Waals surface area (Å²) in [5.74, 6) is -1.35. The lowest BCUT2D eigenvalue weighted by atomic mass is 9.98. The van der Waals surface area contributed by atoms with Gasteiger partial charge in [0.2, 0.25) is 0 Å². The number of ether oxygens (including phenoxy) is 1. The first-order chi connectivity index (χ1) is 12.8. The molecule has 1 aliphatic carbocycles. The number of benzene rings is 2. The van der Waals surface area contributed by atoms with E-state index in [-0.39, 0.29) is 19.1 Å². The maximum Gasteiger partial charge on any atom is 0.410 e. The topological polar surface area (TPSA) is 66.8 Å². The van der Waals surface area contributed by atoms with Crippen molar-refractivity contribution in [1.29, 1.82) is 0 Å². The predicted molar refractivity (Wildman–Crippen MR) is 99.5 cm³/mol. The van der Waals surface area contributed by atoms with Crippen molar-refractivity contribution in [2.24, 2.45) is 0 Å². The Bertz CT molecular complexity index is 814. The van der Waals surface area contributed by atoms with Crippen LogP contribution >= 0.6 is 0 Å². The number of rotatable bonds is 6. The van der Waals surface area contributed by atoms with E-state index in [0.29, 0.717) is 0 Å². The minimum Gasteiger partial charge on any atom is -0.480 e. The van der Waals surface area contributed by atoms with Crippen molar-refractivity contribution >= 4 is 12.1 Å². The minimum absolute atomic E-state index is 0.0652. The third-order valence-corrected chi connectivity index (χ3v) is 4.49. The highest BCUT2D eigenvalue weighted by molar-refractivity contribution is 5.79. The van der Waals surface area contributed by atoms with Crippen LogP contribution in [-0.2, 0) is 9.53 Å². The molecule has 5 nitrogen and oxygen atoms in total. The molecule has 0 radical (unpaired) electrons. The molecule has 0 saturated heterocycles. The summed E-state index contributed by atoms with van der Waals surface area (Å²) < 4.78 is 19.3. The van der Waals surface area contributed by atoms with E-state index in [0.717, 1.165) is 27.2 Å². The maximum absolute atomic E-state index is 13.9. The van der Waals surface area contributed by atoms with Crippen LogP contribution in [-0.4, -0.2) is 47.4 Å². The fraction of sp³-hybridized carbons (Fsp3) is 0.333. The predicted octanol–water partition coefficient (Wildman–Crippen LogP) is 4.07. The summed E-state index contributed by atoms with van der Waals surface area (Å²) in [5.41, 5.74) is 2.59. The Labute approximate surface area is 157 Å². The summed E-state index contributed by atoms with van der Waals surface area (Å²) in [6.45, 7) is 1.69. The van der Waals surface area contributed by atoms with E-state index >= 15 is 0 Å². The van der Waals surface area contributed by atoms with Gasteiger partial charge in [-0.05, 0) is 36.1 Å². The minimum atomic E-state index is -1.72. The molecular formula is C21H22FNO4. The molecule has 0 atom stereocenters. The molecule has 2 aromatic rings. The van der Waals surface area contributed by atoms with Gasteiger partial charge in [-0.25, -0.2) is 9.18 Å². The normalized spacial score (nSPS) is 13.0. The molecule has 0 saturated carbocycles. The van der Waals surface area contributed by atoms with Gasteiger partial charge in [0.1, 0.15) is 18.8 Å². The highest BCUT2D eigenvalue weighted by atomic mass is 19.1. The smallest absolute Gasteiger partial charge is 0.410 e. The van der Waals surface area contributed by atoms with Crippen molar-refractivity contribution < 1.29 is 23.8 Å². The van der Waals surface area contributed by atoms with Gasteiger partial charge >= 0.3 is 12.1 Å². The molecule has 0 aliphatic heterocycles. The molecule has 0 fully saturated rings. The number of amides is 1. The molecule has 142 valence electrons. The molecule has 1 amide bonds. The molecule has 27 heavy (non-hydrogen) atoms. The SMILES string of the molecule is CC(C)(F)CN(CC(=O)O)C(=O)OCC1c2ccccc2-c2ccccc21. The van der Waals surface area contributed by atoms with E-state index < -0.39 is 24.3 Å². The quantitative estimate of drug-likeness (QED) is 0.831. The molecule has 3 rings (SSSR count). The monoisotopic (exact) mass is 371 g/mol. The molecule has 1 aliphatic rings.